The molecule has 0 aromatic heterocycles. The summed E-state index contributed by atoms with van der Waals surface area (Å²) in [5.74, 6) is 1.31. The minimum Gasteiger partial charge on any atom is -0.492 e. The Labute approximate surface area is 159 Å². The molecule has 2 aromatic rings. The number of halogens is 3. The highest BCUT2D eigenvalue weighted by atomic mass is 79.9. The summed E-state index contributed by atoms with van der Waals surface area (Å²) in [4.78, 5) is 0. The average molecular weight is 432 g/mol. The fourth-order valence-electron chi connectivity index (χ4n) is 2.07. The summed E-state index contributed by atoms with van der Waals surface area (Å²) in [7, 11) is 1.60. The zero-order valence-electron chi connectivity index (χ0n) is 13.3. The molecule has 0 spiro atoms. The molecule has 0 amide bonds. The second-order valence-corrected chi connectivity index (χ2v) is 6.43. The van der Waals surface area contributed by atoms with Gasteiger partial charge in [-0.05, 0) is 52.7 Å². The largest absolute Gasteiger partial charge is 0.492 e. The zero-order chi connectivity index (χ0) is 17.5. The number of rotatable bonds is 7. The van der Waals surface area contributed by atoms with Crippen LogP contribution in [0.15, 0.2) is 39.9 Å². The van der Waals surface area contributed by atoms with Crippen molar-refractivity contribution in [1.29, 1.82) is 0 Å². The quantitative estimate of drug-likeness (QED) is 0.478. The highest BCUT2D eigenvalue weighted by Gasteiger charge is 2.10. The molecule has 0 aliphatic rings. The summed E-state index contributed by atoms with van der Waals surface area (Å²) in [5, 5.41) is 5.42. The molecule has 0 saturated heterocycles. The molecule has 7 heteroatoms. The van der Waals surface area contributed by atoms with Crippen molar-refractivity contribution in [3.05, 3.63) is 56.0 Å². The van der Waals surface area contributed by atoms with Crippen LogP contribution in [-0.4, -0.2) is 19.9 Å². The molecule has 24 heavy (non-hydrogen) atoms. The topological polar surface area (TPSA) is 42.8 Å². The minimum absolute atomic E-state index is 0.435. The first-order chi connectivity index (χ1) is 11.6. The van der Waals surface area contributed by atoms with Gasteiger partial charge in [-0.2, -0.15) is 5.10 Å². The number of hydrogen-bond donors (Lipinski definition) is 1. The molecule has 0 atom stereocenters. The van der Waals surface area contributed by atoms with Crippen LogP contribution in [0, 0.1) is 0 Å². The molecule has 0 heterocycles. The number of benzene rings is 2. The van der Waals surface area contributed by atoms with Crippen molar-refractivity contribution in [2.24, 2.45) is 5.10 Å². The van der Waals surface area contributed by atoms with E-state index in [1.807, 2.05) is 25.1 Å². The van der Waals surface area contributed by atoms with Crippen molar-refractivity contribution in [3.63, 3.8) is 0 Å². The minimum atomic E-state index is 0.435. The number of hydrazone groups is 1. The van der Waals surface area contributed by atoms with E-state index in [9.17, 15) is 0 Å². The van der Waals surface area contributed by atoms with E-state index in [1.54, 1.807) is 25.5 Å². The molecule has 0 radical (unpaired) electrons. The van der Waals surface area contributed by atoms with Crippen LogP contribution < -0.4 is 14.9 Å². The van der Waals surface area contributed by atoms with Crippen molar-refractivity contribution < 1.29 is 9.47 Å². The Morgan fingerprint density at radius 1 is 1.25 bits per heavy atom. The summed E-state index contributed by atoms with van der Waals surface area (Å²) < 4.78 is 11.7. The van der Waals surface area contributed by atoms with E-state index in [1.165, 1.54) is 0 Å². The smallest absolute Gasteiger partial charge is 0.174 e. The van der Waals surface area contributed by atoms with Crippen LogP contribution in [0.5, 0.6) is 11.5 Å². The zero-order valence-corrected chi connectivity index (χ0v) is 16.4. The van der Waals surface area contributed by atoms with Gasteiger partial charge < -0.3 is 14.9 Å². The van der Waals surface area contributed by atoms with Crippen molar-refractivity contribution in [2.45, 2.75) is 13.5 Å². The van der Waals surface area contributed by atoms with E-state index in [4.69, 9.17) is 32.7 Å². The van der Waals surface area contributed by atoms with Crippen LogP contribution in [0.2, 0.25) is 10.0 Å². The maximum absolute atomic E-state index is 6.12. The standard InChI is InChI=1S/C17H17BrCl2N2O2/c1-3-24-16-8-11(7-13(18)17(16)23-2)9-21-22-10-12-14(19)5-4-6-15(12)20/h4-9,22H,3,10H2,1-2H3/b21-9-. The Bertz CT molecular complexity index is 719. The van der Waals surface area contributed by atoms with Gasteiger partial charge in [0.05, 0.1) is 30.9 Å². The van der Waals surface area contributed by atoms with E-state index in [0.29, 0.717) is 34.7 Å². The van der Waals surface area contributed by atoms with E-state index in [2.05, 4.69) is 26.5 Å². The van der Waals surface area contributed by atoms with Gasteiger partial charge in [0.25, 0.3) is 0 Å². The predicted octanol–water partition coefficient (Wildman–Crippen LogP) is 5.29. The van der Waals surface area contributed by atoms with Crippen molar-refractivity contribution in [2.75, 3.05) is 13.7 Å². The van der Waals surface area contributed by atoms with E-state index in [0.717, 1.165) is 15.6 Å². The Balaban J connectivity index is 2.09. The highest BCUT2D eigenvalue weighted by Crippen LogP contribution is 2.36. The lowest BCUT2D eigenvalue weighted by atomic mass is 10.2. The molecule has 2 rings (SSSR count). The first-order valence-corrected chi connectivity index (χ1v) is 8.80. The fraction of sp³-hybridized carbons (Fsp3) is 0.235. The first-order valence-electron chi connectivity index (χ1n) is 7.26. The van der Waals surface area contributed by atoms with E-state index < -0.39 is 0 Å². The summed E-state index contributed by atoms with van der Waals surface area (Å²) in [5.41, 5.74) is 4.62. The van der Waals surface area contributed by atoms with Crippen LogP contribution >= 0.6 is 39.1 Å². The SMILES string of the molecule is CCOc1cc(/C=N\NCc2c(Cl)cccc2Cl)cc(Br)c1OC. The number of methoxy groups -OCH3 is 1. The van der Waals surface area contributed by atoms with Crippen LogP contribution in [0.3, 0.4) is 0 Å². The van der Waals surface area contributed by atoms with Gasteiger partial charge in [0.15, 0.2) is 11.5 Å². The molecule has 0 saturated carbocycles. The van der Waals surface area contributed by atoms with Gasteiger partial charge in [0.2, 0.25) is 0 Å². The van der Waals surface area contributed by atoms with Gasteiger partial charge in [-0.25, -0.2) is 0 Å². The number of nitrogens with one attached hydrogen (secondary N) is 1. The van der Waals surface area contributed by atoms with Gasteiger partial charge in [-0.1, -0.05) is 29.3 Å². The van der Waals surface area contributed by atoms with Crippen molar-refractivity contribution in [1.82, 2.24) is 5.43 Å². The van der Waals surface area contributed by atoms with Gasteiger partial charge in [0, 0.05) is 15.6 Å². The molecule has 128 valence electrons. The summed E-state index contributed by atoms with van der Waals surface area (Å²) in [6.07, 6.45) is 1.69. The predicted molar refractivity (Wildman–Crippen MR) is 103 cm³/mol. The number of nitrogens with zero attached hydrogens (tertiary/aromatic N) is 1. The summed E-state index contributed by atoms with van der Waals surface area (Å²) >= 11 is 15.7. The van der Waals surface area contributed by atoms with Crippen molar-refractivity contribution >= 4 is 45.3 Å². The van der Waals surface area contributed by atoms with Gasteiger partial charge in [-0.3, -0.25) is 0 Å². The normalized spacial score (nSPS) is 10.9. The lowest BCUT2D eigenvalue weighted by Gasteiger charge is -2.12. The molecule has 0 unspecified atom stereocenters. The lowest BCUT2D eigenvalue weighted by Crippen LogP contribution is -2.07. The average Bonchev–Trinajstić information content (AvgIpc) is 2.54. The second kappa shape index (κ2) is 9.16. The van der Waals surface area contributed by atoms with Crippen LogP contribution in [0.25, 0.3) is 0 Å². The van der Waals surface area contributed by atoms with Crippen LogP contribution in [0.1, 0.15) is 18.1 Å². The lowest BCUT2D eigenvalue weighted by molar-refractivity contribution is 0.310. The van der Waals surface area contributed by atoms with Gasteiger partial charge >= 0.3 is 0 Å². The molecule has 0 fully saturated rings. The third-order valence-electron chi connectivity index (χ3n) is 3.16. The maximum Gasteiger partial charge on any atom is 0.174 e. The Kier molecular flexibility index (Phi) is 7.21. The van der Waals surface area contributed by atoms with Crippen LogP contribution in [0.4, 0.5) is 0 Å². The first kappa shape index (κ1) is 18.9. The van der Waals surface area contributed by atoms with E-state index in [-0.39, 0.29) is 0 Å². The number of hydrogen-bond acceptors (Lipinski definition) is 4. The third kappa shape index (κ3) is 4.79. The highest BCUT2D eigenvalue weighted by molar-refractivity contribution is 9.10. The molecule has 4 nitrogen and oxygen atoms in total. The maximum atomic E-state index is 6.12. The molecule has 0 bridgehead atoms. The Morgan fingerprint density at radius 2 is 1.96 bits per heavy atom. The van der Waals surface area contributed by atoms with Gasteiger partial charge in [-0.15, -0.1) is 0 Å². The summed E-state index contributed by atoms with van der Waals surface area (Å²) in [6, 6.07) is 9.16. The molecular weight excluding hydrogens is 415 g/mol. The number of ether oxygens (including phenoxy) is 2. The van der Waals surface area contributed by atoms with Gasteiger partial charge in [0.1, 0.15) is 0 Å². The van der Waals surface area contributed by atoms with E-state index >= 15 is 0 Å². The molecule has 2 aromatic carbocycles. The fourth-order valence-corrected chi connectivity index (χ4v) is 3.22. The van der Waals surface area contributed by atoms with Crippen molar-refractivity contribution in [3.8, 4) is 11.5 Å². The monoisotopic (exact) mass is 430 g/mol. The molecular formula is C17H17BrCl2N2O2. The second-order valence-electron chi connectivity index (χ2n) is 4.76. The Hall–Kier alpha value is -1.43. The third-order valence-corrected chi connectivity index (χ3v) is 4.46. The molecule has 0 aliphatic carbocycles. The Morgan fingerprint density at radius 3 is 2.58 bits per heavy atom. The molecule has 0 aliphatic heterocycles. The van der Waals surface area contributed by atoms with Crippen LogP contribution in [-0.2, 0) is 6.54 Å². The summed E-state index contributed by atoms with van der Waals surface area (Å²) in [6.45, 7) is 2.90. The molecule has 1 N–H and O–H groups in total.